The van der Waals surface area contributed by atoms with Gasteiger partial charge < -0.3 is 15.0 Å². The second-order valence-corrected chi connectivity index (χ2v) is 8.17. The summed E-state index contributed by atoms with van der Waals surface area (Å²) in [5, 5.41) is 3.57. The third-order valence-corrected chi connectivity index (χ3v) is 6.36. The molecule has 1 spiro atoms. The van der Waals surface area contributed by atoms with E-state index in [9.17, 15) is 9.59 Å². The molecule has 1 N–H and O–H groups in total. The summed E-state index contributed by atoms with van der Waals surface area (Å²) in [4.78, 5) is 32.0. The Kier molecular flexibility index (Phi) is 4.41. The molecule has 2 aromatic rings. The Labute approximate surface area is 173 Å². The van der Waals surface area contributed by atoms with Crippen LogP contribution in [0.25, 0.3) is 0 Å². The van der Waals surface area contributed by atoms with Crippen molar-refractivity contribution in [2.75, 3.05) is 6.54 Å². The van der Waals surface area contributed by atoms with Crippen LogP contribution in [-0.2, 0) is 27.4 Å². The van der Waals surface area contributed by atoms with E-state index < -0.39 is 17.4 Å². The zero-order chi connectivity index (χ0) is 20.0. The van der Waals surface area contributed by atoms with Gasteiger partial charge in [0.05, 0.1) is 24.5 Å². The molecule has 1 aromatic carbocycles. The van der Waals surface area contributed by atoms with Crippen LogP contribution >= 0.6 is 11.6 Å². The third kappa shape index (κ3) is 3.03. The molecule has 0 radical (unpaired) electrons. The molecule has 2 amide bonds. The number of carbonyl (C=O) groups is 2. The van der Waals surface area contributed by atoms with Crippen molar-refractivity contribution in [3.8, 4) is 0 Å². The van der Waals surface area contributed by atoms with Gasteiger partial charge in [0, 0.05) is 30.5 Å². The standard InChI is InChI=1S/C22H20ClN3O3/c23-16-6-2-1-5-15(16)12-26-13-22-8-7-17(29-22)18(19(22)21(26)28)20(27)25-11-14-4-3-9-24-10-14/h1-10,17-19H,11-13H2,(H,25,27). The largest absolute Gasteiger partial charge is 0.360 e. The average molecular weight is 410 g/mol. The van der Waals surface area contributed by atoms with Crippen LogP contribution in [0.4, 0.5) is 0 Å². The number of halogens is 1. The van der Waals surface area contributed by atoms with Gasteiger partial charge in [-0.1, -0.05) is 48.0 Å². The zero-order valence-corrected chi connectivity index (χ0v) is 16.4. The average Bonchev–Trinajstić information content (AvgIpc) is 3.37. The molecule has 3 aliphatic heterocycles. The van der Waals surface area contributed by atoms with E-state index in [1.807, 2.05) is 48.6 Å². The maximum atomic E-state index is 13.3. The van der Waals surface area contributed by atoms with Gasteiger partial charge in [-0.2, -0.15) is 0 Å². The Bertz CT molecular complexity index is 996. The van der Waals surface area contributed by atoms with Crippen LogP contribution in [0.3, 0.4) is 0 Å². The third-order valence-electron chi connectivity index (χ3n) is 5.99. The van der Waals surface area contributed by atoms with Crippen molar-refractivity contribution in [1.29, 1.82) is 0 Å². The Hall–Kier alpha value is -2.70. The minimum absolute atomic E-state index is 0.0571. The van der Waals surface area contributed by atoms with Crippen molar-refractivity contribution in [3.63, 3.8) is 0 Å². The number of nitrogens with one attached hydrogen (secondary N) is 1. The van der Waals surface area contributed by atoms with Crippen molar-refractivity contribution >= 4 is 23.4 Å². The molecule has 29 heavy (non-hydrogen) atoms. The molecular weight excluding hydrogens is 390 g/mol. The molecule has 0 saturated carbocycles. The first-order valence-corrected chi connectivity index (χ1v) is 10.0. The second kappa shape index (κ2) is 6.97. The molecule has 1 aromatic heterocycles. The number of aromatic nitrogens is 1. The lowest BCUT2D eigenvalue weighted by molar-refractivity contribution is -0.137. The van der Waals surface area contributed by atoms with Crippen molar-refractivity contribution in [2.24, 2.45) is 11.8 Å². The molecule has 4 atom stereocenters. The highest BCUT2D eigenvalue weighted by Crippen LogP contribution is 2.52. The lowest BCUT2D eigenvalue weighted by Gasteiger charge is -2.23. The van der Waals surface area contributed by atoms with Crippen LogP contribution in [0.1, 0.15) is 11.1 Å². The Morgan fingerprint density at radius 3 is 2.97 bits per heavy atom. The molecule has 5 rings (SSSR count). The number of pyridine rings is 1. The van der Waals surface area contributed by atoms with E-state index in [0.717, 1.165) is 11.1 Å². The van der Waals surface area contributed by atoms with Gasteiger partial charge in [0.2, 0.25) is 11.8 Å². The quantitative estimate of drug-likeness (QED) is 0.769. The van der Waals surface area contributed by atoms with Crippen LogP contribution in [0.15, 0.2) is 60.9 Å². The van der Waals surface area contributed by atoms with E-state index in [2.05, 4.69) is 10.3 Å². The summed E-state index contributed by atoms with van der Waals surface area (Å²) in [6.45, 7) is 1.21. The number of hydrogen-bond acceptors (Lipinski definition) is 4. The SMILES string of the molecule is O=C(NCc1cccnc1)C1C2C=CC3(CN(Cc4ccccc4Cl)C(=O)C13)O2. The molecular formula is C22H20ClN3O3. The summed E-state index contributed by atoms with van der Waals surface area (Å²) in [7, 11) is 0. The summed E-state index contributed by atoms with van der Waals surface area (Å²) < 4.78 is 6.16. The Morgan fingerprint density at radius 2 is 2.17 bits per heavy atom. The van der Waals surface area contributed by atoms with E-state index in [0.29, 0.717) is 24.7 Å². The molecule has 2 bridgehead atoms. The summed E-state index contributed by atoms with van der Waals surface area (Å²) in [5.74, 6) is -1.25. The van der Waals surface area contributed by atoms with Gasteiger partial charge in [-0.15, -0.1) is 0 Å². The van der Waals surface area contributed by atoms with Crippen LogP contribution < -0.4 is 5.32 Å². The maximum absolute atomic E-state index is 13.3. The molecule has 3 aliphatic rings. The first kappa shape index (κ1) is 18.3. The first-order valence-electron chi connectivity index (χ1n) is 9.63. The predicted molar refractivity (Wildman–Crippen MR) is 107 cm³/mol. The van der Waals surface area contributed by atoms with E-state index in [-0.39, 0.29) is 17.9 Å². The van der Waals surface area contributed by atoms with Crippen molar-refractivity contribution in [3.05, 3.63) is 77.1 Å². The molecule has 7 heteroatoms. The van der Waals surface area contributed by atoms with Crippen LogP contribution in [0.2, 0.25) is 5.02 Å². The van der Waals surface area contributed by atoms with Gasteiger partial charge in [-0.25, -0.2) is 0 Å². The predicted octanol–water partition coefficient (Wildman–Crippen LogP) is 2.33. The number of likely N-dealkylation sites (tertiary alicyclic amines) is 1. The molecule has 2 saturated heterocycles. The Balaban J connectivity index is 1.34. The van der Waals surface area contributed by atoms with Gasteiger partial charge in [0.15, 0.2) is 0 Å². The molecule has 2 fully saturated rings. The fourth-order valence-corrected chi connectivity index (χ4v) is 4.85. The molecule has 6 nitrogen and oxygen atoms in total. The van der Waals surface area contributed by atoms with Crippen molar-refractivity contribution < 1.29 is 14.3 Å². The number of fused-ring (bicyclic) bond motifs is 1. The van der Waals surface area contributed by atoms with E-state index in [1.54, 1.807) is 17.3 Å². The minimum atomic E-state index is -0.723. The maximum Gasteiger partial charge on any atom is 0.230 e. The number of rotatable bonds is 5. The minimum Gasteiger partial charge on any atom is -0.360 e. The van der Waals surface area contributed by atoms with Crippen molar-refractivity contribution in [2.45, 2.75) is 24.8 Å². The second-order valence-electron chi connectivity index (χ2n) is 7.76. The van der Waals surface area contributed by atoms with Crippen LogP contribution in [0, 0.1) is 11.8 Å². The molecule has 4 heterocycles. The molecule has 4 unspecified atom stereocenters. The van der Waals surface area contributed by atoms with Gasteiger partial charge in [-0.05, 0) is 23.3 Å². The number of carbonyl (C=O) groups excluding carboxylic acids is 2. The summed E-state index contributed by atoms with van der Waals surface area (Å²) in [5.41, 5.74) is 1.07. The summed E-state index contributed by atoms with van der Waals surface area (Å²) in [6.07, 6.45) is 6.91. The number of ether oxygens (including phenoxy) is 1. The highest BCUT2D eigenvalue weighted by molar-refractivity contribution is 6.31. The molecule has 0 aliphatic carbocycles. The summed E-state index contributed by atoms with van der Waals surface area (Å²) in [6, 6.07) is 11.2. The van der Waals surface area contributed by atoms with E-state index in [4.69, 9.17) is 16.3 Å². The van der Waals surface area contributed by atoms with Gasteiger partial charge in [0.25, 0.3) is 0 Å². The van der Waals surface area contributed by atoms with E-state index >= 15 is 0 Å². The van der Waals surface area contributed by atoms with Crippen LogP contribution in [-0.4, -0.2) is 39.9 Å². The number of hydrogen-bond donors (Lipinski definition) is 1. The van der Waals surface area contributed by atoms with E-state index in [1.165, 1.54) is 0 Å². The molecule has 148 valence electrons. The normalized spacial score (nSPS) is 29.3. The first-order chi connectivity index (χ1) is 14.1. The lowest BCUT2D eigenvalue weighted by atomic mass is 9.77. The van der Waals surface area contributed by atoms with Gasteiger partial charge in [-0.3, -0.25) is 14.6 Å². The lowest BCUT2D eigenvalue weighted by Crippen LogP contribution is -2.43. The number of nitrogens with zero attached hydrogens (tertiary/aromatic N) is 2. The van der Waals surface area contributed by atoms with Gasteiger partial charge in [0.1, 0.15) is 5.60 Å². The van der Waals surface area contributed by atoms with Gasteiger partial charge >= 0.3 is 0 Å². The fraction of sp³-hybridized carbons (Fsp3) is 0.318. The highest BCUT2D eigenvalue weighted by atomic mass is 35.5. The number of benzene rings is 1. The highest BCUT2D eigenvalue weighted by Gasteiger charge is 2.66. The zero-order valence-electron chi connectivity index (χ0n) is 15.6. The van der Waals surface area contributed by atoms with Crippen LogP contribution in [0.5, 0.6) is 0 Å². The fourth-order valence-electron chi connectivity index (χ4n) is 4.65. The Morgan fingerprint density at radius 1 is 1.31 bits per heavy atom. The summed E-state index contributed by atoms with van der Waals surface area (Å²) >= 11 is 6.27. The smallest absolute Gasteiger partial charge is 0.230 e. The monoisotopic (exact) mass is 409 g/mol. The van der Waals surface area contributed by atoms with Crippen molar-refractivity contribution in [1.82, 2.24) is 15.2 Å². The number of amides is 2. The topological polar surface area (TPSA) is 71.5 Å².